The molecule has 0 aromatic carbocycles. The summed E-state index contributed by atoms with van der Waals surface area (Å²) in [6.45, 7) is 5.67. The Labute approximate surface area is 132 Å². The predicted molar refractivity (Wildman–Crippen MR) is 84.0 cm³/mol. The maximum absolute atomic E-state index is 11.1. The van der Waals surface area contributed by atoms with Gasteiger partial charge in [0.05, 0.1) is 14.2 Å². The standard InChI is InChI=1S/C9H17NO3.C6H13NO2/c1-4-6-7(9(12)13-3)10-8(11)5-2;1-3-4-5(7)6(8)9-2/h7H,4-6H2,1-3H3,(H,10,11);5H,3-4,7H2,1-2H3/t7-;5-/m11/s1. The van der Waals surface area contributed by atoms with Gasteiger partial charge in [-0.05, 0) is 12.8 Å². The minimum absolute atomic E-state index is 0.121. The first-order chi connectivity index (χ1) is 10.4. The fourth-order valence-electron chi connectivity index (χ4n) is 1.56. The number of methoxy groups -OCH3 is 2. The van der Waals surface area contributed by atoms with Crippen molar-refractivity contribution < 1.29 is 23.9 Å². The van der Waals surface area contributed by atoms with Crippen molar-refractivity contribution >= 4 is 17.8 Å². The Balaban J connectivity index is 0. The molecular weight excluding hydrogens is 288 g/mol. The van der Waals surface area contributed by atoms with E-state index in [1.807, 2.05) is 13.8 Å². The van der Waals surface area contributed by atoms with Gasteiger partial charge in [0.1, 0.15) is 12.1 Å². The number of ether oxygens (including phenoxy) is 2. The first-order valence-corrected chi connectivity index (χ1v) is 7.58. The molecule has 0 rings (SSSR count). The van der Waals surface area contributed by atoms with E-state index in [0.29, 0.717) is 19.3 Å². The van der Waals surface area contributed by atoms with Gasteiger partial charge in [0, 0.05) is 6.42 Å². The zero-order valence-electron chi connectivity index (χ0n) is 14.3. The van der Waals surface area contributed by atoms with Crippen LogP contribution in [0.25, 0.3) is 0 Å². The molecule has 2 atom stereocenters. The monoisotopic (exact) mass is 318 g/mol. The summed E-state index contributed by atoms with van der Waals surface area (Å²) in [5, 5.41) is 2.60. The molecule has 0 spiro atoms. The van der Waals surface area contributed by atoms with Crippen molar-refractivity contribution in [1.29, 1.82) is 0 Å². The highest BCUT2D eigenvalue weighted by molar-refractivity contribution is 5.84. The van der Waals surface area contributed by atoms with Crippen LogP contribution in [0.3, 0.4) is 0 Å². The molecule has 130 valence electrons. The number of rotatable bonds is 8. The van der Waals surface area contributed by atoms with Crippen molar-refractivity contribution in [3.05, 3.63) is 0 Å². The Morgan fingerprint density at radius 2 is 1.45 bits per heavy atom. The summed E-state index contributed by atoms with van der Waals surface area (Å²) < 4.78 is 8.96. The number of hydrogen-bond donors (Lipinski definition) is 2. The topological polar surface area (TPSA) is 108 Å². The molecule has 0 fully saturated rings. The van der Waals surface area contributed by atoms with Crippen molar-refractivity contribution in [2.75, 3.05) is 14.2 Å². The molecule has 0 aliphatic heterocycles. The third-order valence-electron chi connectivity index (χ3n) is 2.82. The number of carbonyl (C=O) groups is 3. The quantitative estimate of drug-likeness (QED) is 0.650. The molecule has 0 heterocycles. The van der Waals surface area contributed by atoms with E-state index in [4.69, 9.17) is 5.73 Å². The van der Waals surface area contributed by atoms with Crippen LogP contribution in [-0.4, -0.2) is 44.1 Å². The van der Waals surface area contributed by atoms with Gasteiger partial charge in [0.2, 0.25) is 5.91 Å². The van der Waals surface area contributed by atoms with Gasteiger partial charge in [-0.1, -0.05) is 33.6 Å². The van der Waals surface area contributed by atoms with E-state index in [2.05, 4.69) is 14.8 Å². The van der Waals surface area contributed by atoms with Gasteiger partial charge in [-0.15, -0.1) is 0 Å². The molecular formula is C15H30N2O5. The highest BCUT2D eigenvalue weighted by atomic mass is 16.5. The zero-order valence-corrected chi connectivity index (χ0v) is 14.3. The number of esters is 2. The van der Waals surface area contributed by atoms with Crippen LogP contribution < -0.4 is 11.1 Å². The summed E-state index contributed by atoms with van der Waals surface area (Å²) in [4.78, 5) is 32.7. The van der Waals surface area contributed by atoms with Crippen LogP contribution in [0.4, 0.5) is 0 Å². The Morgan fingerprint density at radius 1 is 0.955 bits per heavy atom. The molecule has 0 unspecified atom stereocenters. The van der Waals surface area contributed by atoms with Crippen LogP contribution in [0.1, 0.15) is 52.9 Å². The molecule has 7 heteroatoms. The lowest BCUT2D eigenvalue weighted by Gasteiger charge is -2.14. The third kappa shape index (κ3) is 11.1. The van der Waals surface area contributed by atoms with E-state index in [1.54, 1.807) is 6.92 Å². The number of amides is 1. The molecule has 1 amide bonds. The second-order valence-electron chi connectivity index (χ2n) is 4.70. The van der Waals surface area contributed by atoms with E-state index < -0.39 is 12.1 Å². The predicted octanol–water partition coefficient (Wildman–Crippen LogP) is 1.14. The van der Waals surface area contributed by atoms with Crippen molar-refractivity contribution in [2.24, 2.45) is 5.73 Å². The van der Waals surface area contributed by atoms with Crippen molar-refractivity contribution in [3.8, 4) is 0 Å². The van der Waals surface area contributed by atoms with Crippen molar-refractivity contribution in [2.45, 2.75) is 65.0 Å². The van der Waals surface area contributed by atoms with E-state index in [-0.39, 0.29) is 17.8 Å². The van der Waals surface area contributed by atoms with Crippen LogP contribution in [0.5, 0.6) is 0 Å². The van der Waals surface area contributed by atoms with Gasteiger partial charge < -0.3 is 20.5 Å². The van der Waals surface area contributed by atoms with E-state index in [0.717, 1.165) is 12.8 Å². The summed E-state index contributed by atoms with van der Waals surface area (Å²) >= 11 is 0. The molecule has 22 heavy (non-hydrogen) atoms. The fourth-order valence-corrected chi connectivity index (χ4v) is 1.56. The molecule has 3 N–H and O–H groups in total. The number of carbonyl (C=O) groups excluding carboxylic acids is 3. The summed E-state index contributed by atoms with van der Waals surface area (Å²) in [5.41, 5.74) is 5.36. The molecule has 0 aliphatic carbocycles. The van der Waals surface area contributed by atoms with Crippen LogP contribution in [0.2, 0.25) is 0 Å². The molecule has 7 nitrogen and oxygen atoms in total. The average Bonchev–Trinajstić information content (AvgIpc) is 2.53. The molecule has 0 radical (unpaired) electrons. The largest absolute Gasteiger partial charge is 0.468 e. The third-order valence-corrected chi connectivity index (χ3v) is 2.82. The lowest BCUT2D eigenvalue weighted by atomic mass is 10.1. The first kappa shape index (κ1) is 22.6. The second kappa shape index (κ2) is 14.3. The maximum Gasteiger partial charge on any atom is 0.328 e. The van der Waals surface area contributed by atoms with Gasteiger partial charge in [-0.25, -0.2) is 4.79 Å². The highest BCUT2D eigenvalue weighted by Crippen LogP contribution is 1.99. The molecule has 0 aromatic heterocycles. The number of hydrogen-bond acceptors (Lipinski definition) is 6. The van der Waals surface area contributed by atoms with E-state index in [9.17, 15) is 14.4 Å². The lowest BCUT2D eigenvalue weighted by Crippen LogP contribution is -2.41. The van der Waals surface area contributed by atoms with Crippen molar-refractivity contribution in [3.63, 3.8) is 0 Å². The highest BCUT2D eigenvalue weighted by Gasteiger charge is 2.19. The van der Waals surface area contributed by atoms with Crippen LogP contribution in [0, 0.1) is 0 Å². The Morgan fingerprint density at radius 3 is 1.82 bits per heavy atom. The smallest absolute Gasteiger partial charge is 0.328 e. The van der Waals surface area contributed by atoms with Crippen LogP contribution >= 0.6 is 0 Å². The summed E-state index contributed by atoms with van der Waals surface area (Å²) in [6.07, 6.45) is 3.46. The first-order valence-electron chi connectivity index (χ1n) is 7.58. The van der Waals surface area contributed by atoms with Crippen LogP contribution in [-0.2, 0) is 23.9 Å². The minimum atomic E-state index is -0.484. The summed E-state index contributed by atoms with van der Waals surface area (Å²) in [6, 6.07) is -0.914. The van der Waals surface area contributed by atoms with Gasteiger partial charge in [0.25, 0.3) is 0 Å². The fraction of sp³-hybridized carbons (Fsp3) is 0.800. The maximum atomic E-state index is 11.1. The average molecular weight is 318 g/mol. The van der Waals surface area contributed by atoms with E-state index in [1.165, 1.54) is 14.2 Å². The van der Waals surface area contributed by atoms with E-state index >= 15 is 0 Å². The normalized spacial score (nSPS) is 12.3. The molecule has 0 aliphatic rings. The molecule has 0 saturated carbocycles. The molecule has 0 bridgehead atoms. The summed E-state index contributed by atoms with van der Waals surface area (Å²) in [5.74, 6) is -0.815. The Hall–Kier alpha value is -1.63. The van der Waals surface area contributed by atoms with Gasteiger partial charge >= 0.3 is 11.9 Å². The van der Waals surface area contributed by atoms with Crippen LogP contribution in [0.15, 0.2) is 0 Å². The second-order valence-corrected chi connectivity index (χ2v) is 4.70. The molecule has 0 aromatic rings. The summed E-state index contributed by atoms with van der Waals surface area (Å²) in [7, 11) is 2.67. The SMILES string of the molecule is CCC[C@@H](N)C(=O)OC.CCC[C@@H](NC(=O)CC)C(=O)OC. The Bertz CT molecular complexity index is 334. The van der Waals surface area contributed by atoms with Gasteiger partial charge in [0.15, 0.2) is 0 Å². The zero-order chi connectivity index (χ0) is 17.5. The molecule has 0 saturated heterocycles. The number of nitrogens with one attached hydrogen (secondary N) is 1. The van der Waals surface area contributed by atoms with Crippen molar-refractivity contribution in [1.82, 2.24) is 5.32 Å². The lowest BCUT2D eigenvalue weighted by molar-refractivity contribution is -0.145. The number of nitrogens with two attached hydrogens (primary N) is 1. The van der Waals surface area contributed by atoms with Gasteiger partial charge in [-0.2, -0.15) is 0 Å². The Kier molecular flexibility index (Phi) is 14.7. The van der Waals surface area contributed by atoms with Gasteiger partial charge in [-0.3, -0.25) is 9.59 Å². The minimum Gasteiger partial charge on any atom is -0.468 e.